The van der Waals surface area contributed by atoms with Crippen LogP contribution in [0.5, 0.6) is 11.5 Å². The van der Waals surface area contributed by atoms with Crippen molar-refractivity contribution in [3.8, 4) is 11.5 Å². The van der Waals surface area contributed by atoms with E-state index in [2.05, 4.69) is 4.90 Å². The third-order valence-corrected chi connectivity index (χ3v) is 6.22. The lowest BCUT2D eigenvalue weighted by molar-refractivity contribution is -0.140. The predicted molar refractivity (Wildman–Crippen MR) is 131 cm³/mol. The zero-order valence-electron chi connectivity index (χ0n) is 20.2. The summed E-state index contributed by atoms with van der Waals surface area (Å²) in [7, 11) is 0. The van der Waals surface area contributed by atoms with Gasteiger partial charge < -0.3 is 24.2 Å². The van der Waals surface area contributed by atoms with Gasteiger partial charge in [-0.3, -0.25) is 14.5 Å². The number of rotatable bonds is 9. The molecule has 2 fully saturated rings. The SMILES string of the molecule is CCOc1ccc(/C(O)=C2\C(=O)C(=O)N(CCN3CCOCC3)C2c2cccc(OCC)c2)cc1. The van der Waals surface area contributed by atoms with Gasteiger partial charge in [-0.25, -0.2) is 0 Å². The first-order valence-electron chi connectivity index (χ1n) is 12.1. The average molecular weight is 481 g/mol. The summed E-state index contributed by atoms with van der Waals surface area (Å²) in [6, 6.07) is 13.5. The fraction of sp³-hybridized carbons (Fsp3) is 0.407. The normalized spacial score (nSPS) is 20.3. The summed E-state index contributed by atoms with van der Waals surface area (Å²) in [6.07, 6.45) is 0. The van der Waals surface area contributed by atoms with Gasteiger partial charge in [0.1, 0.15) is 17.3 Å². The maximum Gasteiger partial charge on any atom is 0.295 e. The van der Waals surface area contributed by atoms with Crippen molar-refractivity contribution in [1.82, 2.24) is 9.80 Å². The molecule has 0 aromatic heterocycles. The molecule has 2 aromatic rings. The molecule has 2 saturated heterocycles. The highest BCUT2D eigenvalue weighted by molar-refractivity contribution is 6.46. The monoisotopic (exact) mass is 480 g/mol. The van der Waals surface area contributed by atoms with E-state index in [9.17, 15) is 14.7 Å². The van der Waals surface area contributed by atoms with Crippen molar-refractivity contribution < 1.29 is 28.9 Å². The van der Waals surface area contributed by atoms with Crippen molar-refractivity contribution in [3.05, 3.63) is 65.2 Å². The van der Waals surface area contributed by atoms with Gasteiger partial charge in [-0.2, -0.15) is 0 Å². The number of ether oxygens (including phenoxy) is 3. The molecule has 2 heterocycles. The minimum atomic E-state index is -0.719. The summed E-state index contributed by atoms with van der Waals surface area (Å²) in [4.78, 5) is 30.2. The molecule has 0 saturated carbocycles. The molecular formula is C27H32N2O6. The Labute approximate surface area is 205 Å². The van der Waals surface area contributed by atoms with Crippen LogP contribution in [-0.2, 0) is 14.3 Å². The van der Waals surface area contributed by atoms with Gasteiger partial charge in [0.05, 0.1) is 38.0 Å². The van der Waals surface area contributed by atoms with Gasteiger partial charge in [0.25, 0.3) is 11.7 Å². The van der Waals surface area contributed by atoms with Crippen LogP contribution >= 0.6 is 0 Å². The Morgan fingerprint density at radius 3 is 2.34 bits per heavy atom. The van der Waals surface area contributed by atoms with Gasteiger partial charge in [0.15, 0.2) is 0 Å². The standard InChI is InChI=1S/C27H32N2O6/c1-3-34-21-10-8-19(9-11-21)25(30)23-24(20-6-5-7-22(18-20)35-4-2)29(27(32)26(23)31)13-12-28-14-16-33-17-15-28/h5-11,18,24,30H,3-4,12-17H2,1-2H3/b25-23+. The highest BCUT2D eigenvalue weighted by Gasteiger charge is 2.46. The Kier molecular flexibility index (Phi) is 8.05. The molecule has 186 valence electrons. The highest BCUT2D eigenvalue weighted by atomic mass is 16.5. The number of likely N-dealkylation sites (tertiary alicyclic amines) is 1. The predicted octanol–water partition coefficient (Wildman–Crippen LogP) is 3.24. The van der Waals surface area contributed by atoms with E-state index < -0.39 is 17.7 Å². The second-order valence-electron chi connectivity index (χ2n) is 8.41. The van der Waals surface area contributed by atoms with Crippen LogP contribution in [-0.4, -0.2) is 79.2 Å². The van der Waals surface area contributed by atoms with Gasteiger partial charge in [0, 0.05) is 31.7 Å². The first-order valence-corrected chi connectivity index (χ1v) is 12.1. The number of hydrogen-bond acceptors (Lipinski definition) is 7. The Morgan fingerprint density at radius 1 is 0.971 bits per heavy atom. The van der Waals surface area contributed by atoms with E-state index in [1.165, 1.54) is 0 Å². The van der Waals surface area contributed by atoms with Crippen LogP contribution in [0, 0.1) is 0 Å². The molecule has 1 unspecified atom stereocenters. The summed E-state index contributed by atoms with van der Waals surface area (Å²) in [6.45, 7) is 8.63. The molecule has 1 N–H and O–H groups in total. The fourth-order valence-corrected chi connectivity index (χ4v) is 4.50. The minimum Gasteiger partial charge on any atom is -0.507 e. The number of benzene rings is 2. The largest absolute Gasteiger partial charge is 0.507 e. The summed E-state index contributed by atoms with van der Waals surface area (Å²) >= 11 is 0. The van der Waals surface area contributed by atoms with Crippen molar-refractivity contribution in [2.45, 2.75) is 19.9 Å². The number of ketones is 1. The van der Waals surface area contributed by atoms with Crippen molar-refractivity contribution in [3.63, 3.8) is 0 Å². The van der Waals surface area contributed by atoms with Crippen LogP contribution in [0.3, 0.4) is 0 Å². The van der Waals surface area contributed by atoms with E-state index >= 15 is 0 Å². The first kappa shape index (κ1) is 24.8. The average Bonchev–Trinajstić information content (AvgIpc) is 3.13. The summed E-state index contributed by atoms with van der Waals surface area (Å²) in [5, 5.41) is 11.2. The number of aliphatic hydroxyl groups is 1. The minimum absolute atomic E-state index is 0.0785. The molecule has 2 aliphatic rings. The zero-order chi connectivity index (χ0) is 24.8. The van der Waals surface area contributed by atoms with Gasteiger partial charge in [-0.1, -0.05) is 12.1 Å². The Morgan fingerprint density at radius 2 is 1.66 bits per heavy atom. The second kappa shape index (κ2) is 11.4. The molecule has 35 heavy (non-hydrogen) atoms. The van der Waals surface area contributed by atoms with Crippen LogP contribution < -0.4 is 9.47 Å². The zero-order valence-corrected chi connectivity index (χ0v) is 20.2. The maximum atomic E-state index is 13.2. The molecule has 0 bridgehead atoms. The van der Waals surface area contributed by atoms with Crippen LogP contribution in [0.25, 0.3) is 5.76 Å². The highest BCUT2D eigenvalue weighted by Crippen LogP contribution is 2.40. The van der Waals surface area contributed by atoms with Gasteiger partial charge in [0.2, 0.25) is 0 Å². The summed E-state index contributed by atoms with van der Waals surface area (Å²) in [5.41, 5.74) is 1.24. The summed E-state index contributed by atoms with van der Waals surface area (Å²) < 4.78 is 16.6. The lowest BCUT2D eigenvalue weighted by Gasteiger charge is -2.31. The Hall–Kier alpha value is -3.36. The Balaban J connectivity index is 1.72. The van der Waals surface area contributed by atoms with E-state index in [4.69, 9.17) is 14.2 Å². The smallest absolute Gasteiger partial charge is 0.295 e. The first-order chi connectivity index (χ1) is 17.0. The van der Waals surface area contributed by atoms with Crippen LogP contribution in [0.2, 0.25) is 0 Å². The van der Waals surface area contributed by atoms with Gasteiger partial charge in [-0.05, 0) is 55.8 Å². The number of carbonyl (C=O) groups excluding carboxylic acids is 2. The lowest BCUT2D eigenvalue weighted by Crippen LogP contribution is -2.42. The summed E-state index contributed by atoms with van der Waals surface area (Å²) in [5.74, 6) is -0.198. The second-order valence-corrected chi connectivity index (χ2v) is 8.41. The molecule has 1 atom stereocenters. The number of amides is 1. The number of morpholine rings is 1. The quantitative estimate of drug-likeness (QED) is 0.335. The van der Waals surface area contributed by atoms with Crippen LogP contribution in [0.15, 0.2) is 54.1 Å². The maximum absolute atomic E-state index is 13.2. The van der Waals surface area contributed by atoms with Crippen molar-refractivity contribution >= 4 is 17.4 Å². The molecule has 4 rings (SSSR count). The topological polar surface area (TPSA) is 88.5 Å². The lowest BCUT2D eigenvalue weighted by atomic mass is 9.95. The third-order valence-electron chi connectivity index (χ3n) is 6.22. The van der Waals surface area contributed by atoms with E-state index in [1.54, 1.807) is 29.2 Å². The molecule has 0 aliphatic carbocycles. The fourth-order valence-electron chi connectivity index (χ4n) is 4.50. The van der Waals surface area contributed by atoms with Crippen molar-refractivity contribution in [1.29, 1.82) is 0 Å². The van der Waals surface area contributed by atoms with Crippen LogP contribution in [0.1, 0.15) is 31.0 Å². The van der Waals surface area contributed by atoms with E-state index in [-0.39, 0.29) is 11.3 Å². The number of hydrogen-bond donors (Lipinski definition) is 1. The molecule has 8 nitrogen and oxygen atoms in total. The number of aliphatic hydroxyl groups excluding tert-OH is 1. The van der Waals surface area contributed by atoms with Gasteiger partial charge in [-0.15, -0.1) is 0 Å². The van der Waals surface area contributed by atoms with E-state index in [1.807, 2.05) is 38.1 Å². The van der Waals surface area contributed by atoms with E-state index in [0.717, 1.165) is 13.1 Å². The number of Topliss-reactive ketones (excluding diaryl/α,β-unsaturated/α-hetero) is 1. The molecule has 2 aliphatic heterocycles. The molecule has 0 spiro atoms. The third kappa shape index (κ3) is 5.49. The molecule has 1 amide bonds. The molecule has 2 aromatic carbocycles. The number of carbonyl (C=O) groups is 2. The van der Waals surface area contributed by atoms with Gasteiger partial charge >= 0.3 is 0 Å². The molecular weight excluding hydrogens is 448 g/mol. The van der Waals surface area contributed by atoms with E-state index in [0.29, 0.717) is 62.1 Å². The number of nitrogens with zero attached hydrogens (tertiary/aromatic N) is 2. The molecule has 0 radical (unpaired) electrons. The molecule has 8 heteroatoms. The van der Waals surface area contributed by atoms with Crippen molar-refractivity contribution in [2.75, 3.05) is 52.6 Å². The Bertz CT molecular complexity index is 1080. The van der Waals surface area contributed by atoms with Crippen molar-refractivity contribution in [2.24, 2.45) is 0 Å². The van der Waals surface area contributed by atoms with Crippen LogP contribution in [0.4, 0.5) is 0 Å².